The van der Waals surface area contributed by atoms with Crippen molar-refractivity contribution in [2.75, 3.05) is 13.1 Å². The van der Waals surface area contributed by atoms with Crippen molar-refractivity contribution in [3.63, 3.8) is 0 Å². The van der Waals surface area contributed by atoms with Crippen LogP contribution in [-0.4, -0.2) is 47.8 Å². The molecular formula is C17H30BNO2. The second-order valence-electron chi connectivity index (χ2n) is 8.87. The van der Waals surface area contributed by atoms with Crippen molar-refractivity contribution in [1.29, 1.82) is 0 Å². The van der Waals surface area contributed by atoms with Crippen LogP contribution in [0.4, 0.5) is 0 Å². The summed E-state index contributed by atoms with van der Waals surface area (Å²) in [7, 11) is 6.47. The number of aliphatic hydroxyl groups is 1. The van der Waals surface area contributed by atoms with Gasteiger partial charge in [0, 0.05) is 13.1 Å². The summed E-state index contributed by atoms with van der Waals surface area (Å²) in [5.74, 6) is 1.57. The van der Waals surface area contributed by atoms with Gasteiger partial charge in [-0.15, -0.1) is 0 Å². The van der Waals surface area contributed by atoms with E-state index in [1.807, 2.05) is 0 Å². The van der Waals surface area contributed by atoms with E-state index in [1.54, 1.807) is 0 Å². The maximum Gasteiger partial charge on any atom is 0.136 e. The number of rotatable bonds is 2. The lowest BCUT2D eigenvalue weighted by molar-refractivity contribution is -0.208. The van der Waals surface area contributed by atoms with Crippen LogP contribution in [0, 0.1) is 17.8 Å². The Bertz CT molecular complexity index is 380. The van der Waals surface area contributed by atoms with Gasteiger partial charge in [0.2, 0.25) is 0 Å². The fourth-order valence-electron chi connectivity index (χ4n) is 5.18. The van der Waals surface area contributed by atoms with E-state index < -0.39 is 5.62 Å². The Labute approximate surface area is 130 Å². The fraction of sp³-hybridized carbons (Fsp3) is 1.00. The van der Waals surface area contributed by atoms with Crippen LogP contribution >= 0.6 is 0 Å². The Balaban J connectivity index is 1.75. The van der Waals surface area contributed by atoms with Crippen LogP contribution < -0.4 is 0 Å². The predicted octanol–water partition coefficient (Wildman–Crippen LogP) is 2.52. The summed E-state index contributed by atoms with van der Waals surface area (Å²) < 4.78 is 6.14. The topological polar surface area (TPSA) is 32.7 Å². The van der Waals surface area contributed by atoms with E-state index in [1.165, 1.54) is 19.3 Å². The van der Waals surface area contributed by atoms with Crippen LogP contribution in [0.5, 0.6) is 0 Å². The Hall–Kier alpha value is -0.0551. The summed E-state index contributed by atoms with van der Waals surface area (Å²) in [5, 5.41) is 11.1. The van der Waals surface area contributed by atoms with Gasteiger partial charge in [0.1, 0.15) is 7.85 Å². The van der Waals surface area contributed by atoms with Gasteiger partial charge in [0.05, 0.1) is 16.8 Å². The molecule has 3 rings (SSSR count). The van der Waals surface area contributed by atoms with Crippen molar-refractivity contribution in [3.8, 4) is 0 Å². The standard InChI is InChI=1S/C17H30BNO2/c1-15(2)8-14(9-16(3,4)21-15)17(18,20)19-10-12-6-5-7-13(12)11-19/h12-14,20H,5-11H2,1-4H3. The zero-order valence-electron chi connectivity index (χ0n) is 14.1. The molecule has 0 amide bonds. The average molecular weight is 291 g/mol. The van der Waals surface area contributed by atoms with E-state index in [0.717, 1.165) is 37.8 Å². The minimum Gasteiger partial charge on any atom is -0.385 e. The maximum absolute atomic E-state index is 11.1. The summed E-state index contributed by atoms with van der Waals surface area (Å²) in [6.45, 7) is 10.4. The van der Waals surface area contributed by atoms with E-state index in [0.29, 0.717) is 0 Å². The highest BCUT2D eigenvalue weighted by atomic mass is 16.5. The van der Waals surface area contributed by atoms with Crippen molar-refractivity contribution in [1.82, 2.24) is 4.90 Å². The number of fused-ring (bicyclic) bond motifs is 1. The lowest BCUT2D eigenvalue weighted by atomic mass is 9.67. The molecule has 3 fully saturated rings. The molecule has 2 saturated heterocycles. The molecule has 0 spiro atoms. The second-order valence-corrected chi connectivity index (χ2v) is 8.87. The molecule has 21 heavy (non-hydrogen) atoms. The first-order valence-electron chi connectivity index (χ1n) is 8.56. The molecule has 118 valence electrons. The SMILES string of the molecule is [B]C(O)(C1CC(C)(C)OC(C)(C)C1)N1CC2CCCC2C1. The van der Waals surface area contributed by atoms with Crippen molar-refractivity contribution in [3.05, 3.63) is 0 Å². The molecular weight excluding hydrogens is 261 g/mol. The molecule has 3 atom stereocenters. The number of likely N-dealkylation sites (tertiary alicyclic amines) is 1. The number of nitrogens with zero attached hydrogens (tertiary/aromatic N) is 1. The molecule has 1 N–H and O–H groups in total. The Morgan fingerprint density at radius 3 is 2.00 bits per heavy atom. The average Bonchev–Trinajstić information content (AvgIpc) is 2.83. The molecule has 2 radical (unpaired) electrons. The lowest BCUT2D eigenvalue weighted by Gasteiger charge is -2.52. The van der Waals surface area contributed by atoms with Crippen molar-refractivity contribution >= 4 is 7.85 Å². The minimum absolute atomic E-state index is 0.0649. The molecule has 3 unspecified atom stereocenters. The number of hydrogen-bond donors (Lipinski definition) is 1. The summed E-state index contributed by atoms with van der Waals surface area (Å²) >= 11 is 0. The van der Waals surface area contributed by atoms with Crippen molar-refractivity contribution in [2.24, 2.45) is 17.8 Å². The summed E-state index contributed by atoms with van der Waals surface area (Å²) in [6, 6.07) is 0. The van der Waals surface area contributed by atoms with E-state index >= 15 is 0 Å². The highest BCUT2D eigenvalue weighted by Crippen LogP contribution is 2.46. The predicted molar refractivity (Wildman–Crippen MR) is 85.1 cm³/mol. The van der Waals surface area contributed by atoms with Crippen LogP contribution in [0.25, 0.3) is 0 Å². The maximum atomic E-state index is 11.1. The van der Waals surface area contributed by atoms with Crippen molar-refractivity contribution in [2.45, 2.75) is 76.6 Å². The normalized spacial score (nSPS) is 39.1. The fourth-order valence-corrected chi connectivity index (χ4v) is 5.18. The van der Waals surface area contributed by atoms with Crippen LogP contribution in [0.3, 0.4) is 0 Å². The molecule has 3 aliphatic rings. The molecule has 1 aliphatic carbocycles. The van der Waals surface area contributed by atoms with Gasteiger partial charge in [-0.3, -0.25) is 4.90 Å². The van der Waals surface area contributed by atoms with Crippen LogP contribution in [0.1, 0.15) is 59.8 Å². The van der Waals surface area contributed by atoms with Gasteiger partial charge < -0.3 is 9.84 Å². The van der Waals surface area contributed by atoms with Gasteiger partial charge in [-0.2, -0.15) is 0 Å². The molecule has 2 heterocycles. The smallest absolute Gasteiger partial charge is 0.136 e. The molecule has 2 aliphatic heterocycles. The highest BCUT2D eigenvalue weighted by Gasteiger charge is 2.50. The van der Waals surface area contributed by atoms with Crippen LogP contribution in [0.2, 0.25) is 0 Å². The monoisotopic (exact) mass is 291 g/mol. The first-order chi connectivity index (χ1) is 9.59. The first-order valence-corrected chi connectivity index (χ1v) is 8.56. The zero-order chi connectivity index (χ0) is 15.5. The molecule has 4 heteroatoms. The molecule has 1 saturated carbocycles. The third-order valence-electron chi connectivity index (χ3n) is 5.86. The summed E-state index contributed by atoms with van der Waals surface area (Å²) in [5.41, 5.74) is -1.65. The quantitative estimate of drug-likeness (QED) is 0.794. The molecule has 0 aromatic heterocycles. The third kappa shape index (κ3) is 3.04. The van der Waals surface area contributed by atoms with Crippen molar-refractivity contribution < 1.29 is 9.84 Å². The number of ether oxygens (including phenoxy) is 1. The first kappa shape index (κ1) is 15.8. The molecule has 0 bridgehead atoms. The van der Waals surface area contributed by atoms with Gasteiger partial charge in [-0.1, -0.05) is 6.42 Å². The summed E-state index contributed by atoms with van der Waals surface area (Å²) in [4.78, 5) is 2.16. The van der Waals surface area contributed by atoms with E-state index in [4.69, 9.17) is 12.6 Å². The minimum atomic E-state index is -1.19. The highest BCUT2D eigenvalue weighted by molar-refractivity contribution is 6.14. The summed E-state index contributed by atoms with van der Waals surface area (Å²) in [6.07, 6.45) is 5.60. The molecule has 0 aromatic carbocycles. The number of hydrogen-bond acceptors (Lipinski definition) is 3. The second kappa shape index (κ2) is 4.97. The van der Waals surface area contributed by atoms with E-state index in [-0.39, 0.29) is 17.1 Å². The van der Waals surface area contributed by atoms with E-state index in [2.05, 4.69) is 32.6 Å². The van der Waals surface area contributed by atoms with Crippen LogP contribution in [-0.2, 0) is 4.74 Å². The van der Waals surface area contributed by atoms with Gasteiger partial charge in [-0.25, -0.2) is 0 Å². The Morgan fingerprint density at radius 2 is 1.52 bits per heavy atom. The Kier molecular flexibility index (Phi) is 3.75. The molecule has 0 aromatic rings. The van der Waals surface area contributed by atoms with Gasteiger partial charge in [0.15, 0.2) is 0 Å². The zero-order valence-corrected chi connectivity index (χ0v) is 14.1. The third-order valence-corrected chi connectivity index (χ3v) is 5.86. The van der Waals surface area contributed by atoms with E-state index in [9.17, 15) is 5.11 Å². The van der Waals surface area contributed by atoms with Gasteiger partial charge in [0.25, 0.3) is 0 Å². The van der Waals surface area contributed by atoms with Crippen LogP contribution in [0.15, 0.2) is 0 Å². The lowest BCUT2D eigenvalue weighted by Crippen LogP contribution is -2.60. The van der Waals surface area contributed by atoms with Gasteiger partial charge in [-0.05, 0) is 71.1 Å². The van der Waals surface area contributed by atoms with Gasteiger partial charge >= 0.3 is 0 Å². The Morgan fingerprint density at radius 1 is 1.05 bits per heavy atom. The largest absolute Gasteiger partial charge is 0.385 e. The molecule has 3 nitrogen and oxygen atoms in total.